The molecule has 5 N–H and O–H groups in total. The lowest BCUT2D eigenvalue weighted by molar-refractivity contribution is -0.154. The maximum atomic E-state index is 13.0. The highest BCUT2D eigenvalue weighted by Crippen LogP contribution is 2.48. The molecule has 1 fully saturated rings. The van der Waals surface area contributed by atoms with Crippen molar-refractivity contribution < 1.29 is 41.8 Å². The summed E-state index contributed by atoms with van der Waals surface area (Å²) in [6, 6.07) is 15.9. The van der Waals surface area contributed by atoms with Crippen molar-refractivity contribution in [2.24, 2.45) is 0 Å². The highest BCUT2D eigenvalue weighted by atomic mass is 35.5. The van der Waals surface area contributed by atoms with Gasteiger partial charge in [0.05, 0.1) is 12.6 Å². The first kappa shape index (κ1) is 37.2. The molecule has 19 heteroatoms. The Morgan fingerprint density at radius 1 is 0.923 bits per heavy atom. The van der Waals surface area contributed by atoms with Gasteiger partial charge in [-0.1, -0.05) is 29.8 Å². The first-order valence-electron chi connectivity index (χ1n) is 15.6. The average Bonchev–Trinajstić information content (AvgIpc) is 3.90. The van der Waals surface area contributed by atoms with Gasteiger partial charge in [-0.25, -0.2) is 9.78 Å². The molecule has 15 nitrogen and oxygen atoms in total. The predicted molar refractivity (Wildman–Crippen MR) is 181 cm³/mol. The van der Waals surface area contributed by atoms with Gasteiger partial charge in [0.25, 0.3) is 5.91 Å². The van der Waals surface area contributed by atoms with Crippen molar-refractivity contribution in [3.8, 4) is 6.01 Å². The van der Waals surface area contributed by atoms with Crippen molar-refractivity contribution in [1.82, 2.24) is 30.6 Å². The maximum Gasteiger partial charge on any atom is 0.422 e. The number of benzene rings is 2. The third-order valence-corrected chi connectivity index (χ3v) is 7.76. The molecule has 5 rings (SSSR count). The van der Waals surface area contributed by atoms with E-state index in [-0.39, 0.29) is 36.2 Å². The molecular weight excluding hydrogens is 711 g/mol. The fourth-order valence-corrected chi connectivity index (χ4v) is 4.89. The lowest BCUT2D eigenvalue weighted by Gasteiger charge is -2.19. The van der Waals surface area contributed by atoms with Crippen molar-refractivity contribution in [1.29, 1.82) is 0 Å². The number of hydrogen-bond acceptors (Lipinski definition) is 12. The van der Waals surface area contributed by atoms with Crippen molar-refractivity contribution in [3.05, 3.63) is 89.1 Å². The summed E-state index contributed by atoms with van der Waals surface area (Å²) in [5.74, 6) is -3.38. The summed E-state index contributed by atoms with van der Waals surface area (Å²) in [6.45, 7) is -1.78. The molecule has 52 heavy (non-hydrogen) atoms. The topological polar surface area (TPSA) is 198 Å². The standard InChI is InChI=1S/C33H31ClF3N9O6/c1-51-28(50)23(13-17-39-26(48)27(49)42-24-4-2-3-16-38-24)41-25(47)19-5-11-22(12-6-19)40-29-43-30(45-31(44-29)52-18-33(35,36)37)46-32(14-15-32)20-7-9-21(34)10-8-20/h2-12,16,23H,13-15,17-18H2,1H3,(H,39,48)(H,41,47)(H,38,42,49)(H2,40,43,44,45,46)/t23-/m0/s1. The van der Waals surface area contributed by atoms with E-state index in [9.17, 15) is 32.3 Å². The van der Waals surface area contributed by atoms with Gasteiger partial charge in [0.2, 0.25) is 11.9 Å². The highest BCUT2D eigenvalue weighted by molar-refractivity contribution is 6.39. The predicted octanol–water partition coefficient (Wildman–Crippen LogP) is 4.12. The minimum absolute atomic E-state index is 0.0306. The van der Waals surface area contributed by atoms with Crippen LogP contribution in [0.2, 0.25) is 5.02 Å². The van der Waals surface area contributed by atoms with Gasteiger partial charge in [0.15, 0.2) is 6.61 Å². The molecule has 1 atom stereocenters. The number of rotatable bonds is 14. The summed E-state index contributed by atoms with van der Waals surface area (Å²) in [6.07, 6.45) is -1.88. The Bertz CT molecular complexity index is 1900. The largest absolute Gasteiger partial charge is 0.467 e. The van der Waals surface area contributed by atoms with E-state index in [1.54, 1.807) is 24.3 Å². The summed E-state index contributed by atoms with van der Waals surface area (Å²) >= 11 is 6.02. The molecule has 2 aromatic carbocycles. The van der Waals surface area contributed by atoms with E-state index in [2.05, 4.69) is 46.5 Å². The van der Waals surface area contributed by atoms with E-state index >= 15 is 0 Å². The number of nitrogens with zero attached hydrogens (tertiary/aromatic N) is 4. The van der Waals surface area contributed by atoms with Crippen LogP contribution < -0.4 is 31.3 Å². The molecule has 0 unspecified atom stereocenters. The molecule has 1 aliphatic carbocycles. The zero-order valence-electron chi connectivity index (χ0n) is 27.3. The van der Waals surface area contributed by atoms with Crippen LogP contribution in [-0.4, -0.2) is 76.1 Å². The normalized spacial score (nSPS) is 13.6. The fourth-order valence-electron chi connectivity index (χ4n) is 4.76. The minimum Gasteiger partial charge on any atom is -0.467 e. The second-order valence-corrected chi connectivity index (χ2v) is 11.8. The van der Waals surface area contributed by atoms with Gasteiger partial charge in [-0.2, -0.15) is 28.1 Å². The van der Waals surface area contributed by atoms with Gasteiger partial charge in [0.1, 0.15) is 11.9 Å². The van der Waals surface area contributed by atoms with Crippen LogP contribution in [0.25, 0.3) is 0 Å². The molecule has 1 aliphatic rings. The van der Waals surface area contributed by atoms with E-state index in [1.165, 1.54) is 36.5 Å². The van der Waals surface area contributed by atoms with Gasteiger partial charge in [-0.05, 0) is 73.4 Å². The molecule has 0 aliphatic heterocycles. The van der Waals surface area contributed by atoms with Crippen LogP contribution in [0.15, 0.2) is 72.9 Å². The number of methoxy groups -OCH3 is 1. The van der Waals surface area contributed by atoms with Crippen LogP contribution in [0.1, 0.15) is 35.2 Å². The molecule has 0 bridgehead atoms. The van der Waals surface area contributed by atoms with Crippen LogP contribution in [0.5, 0.6) is 6.01 Å². The molecule has 0 saturated heterocycles. The summed E-state index contributed by atoms with van der Waals surface area (Å²) in [5.41, 5.74) is 0.818. The average molecular weight is 742 g/mol. The fraction of sp³-hybridized carbons (Fsp3) is 0.273. The summed E-state index contributed by atoms with van der Waals surface area (Å²) < 4.78 is 48.4. The molecule has 2 heterocycles. The maximum absolute atomic E-state index is 13.0. The zero-order valence-corrected chi connectivity index (χ0v) is 28.0. The van der Waals surface area contributed by atoms with E-state index in [1.807, 2.05) is 12.1 Å². The van der Waals surface area contributed by atoms with Crippen LogP contribution in [0, 0.1) is 0 Å². The number of nitrogens with one attached hydrogen (secondary N) is 5. The second kappa shape index (κ2) is 16.3. The van der Waals surface area contributed by atoms with Crippen LogP contribution >= 0.6 is 11.6 Å². The number of carbonyl (C=O) groups is 4. The number of alkyl halides is 3. The van der Waals surface area contributed by atoms with E-state index in [0.717, 1.165) is 12.7 Å². The van der Waals surface area contributed by atoms with Crippen molar-refractivity contribution in [3.63, 3.8) is 0 Å². The number of esters is 1. The molecule has 2 aromatic heterocycles. The Balaban J connectivity index is 1.21. The van der Waals surface area contributed by atoms with Gasteiger partial charge < -0.3 is 36.1 Å². The van der Waals surface area contributed by atoms with Crippen LogP contribution in [0.4, 0.5) is 36.6 Å². The number of pyridine rings is 1. The first-order chi connectivity index (χ1) is 24.8. The number of amides is 3. The van der Waals surface area contributed by atoms with Gasteiger partial charge >= 0.3 is 30.0 Å². The minimum atomic E-state index is -4.64. The van der Waals surface area contributed by atoms with Gasteiger partial charge in [-0.15, -0.1) is 0 Å². The number of hydrogen-bond donors (Lipinski definition) is 5. The van der Waals surface area contributed by atoms with E-state index < -0.39 is 54.1 Å². The Labute approximate surface area is 299 Å². The molecule has 3 amide bonds. The zero-order chi connectivity index (χ0) is 37.3. The monoisotopic (exact) mass is 741 g/mol. The lowest BCUT2D eigenvalue weighted by atomic mass is 10.1. The lowest BCUT2D eigenvalue weighted by Crippen LogP contribution is -2.44. The van der Waals surface area contributed by atoms with Crippen molar-refractivity contribution in [2.75, 3.05) is 36.2 Å². The number of halogens is 4. The van der Waals surface area contributed by atoms with Crippen molar-refractivity contribution in [2.45, 2.75) is 37.0 Å². The van der Waals surface area contributed by atoms with E-state index in [0.29, 0.717) is 23.6 Å². The summed E-state index contributed by atoms with van der Waals surface area (Å²) in [4.78, 5) is 65.9. The number of anilines is 4. The van der Waals surface area contributed by atoms with Gasteiger partial charge in [0, 0.05) is 29.0 Å². The molecule has 1 saturated carbocycles. The van der Waals surface area contributed by atoms with Crippen LogP contribution in [-0.2, 0) is 24.7 Å². The third-order valence-electron chi connectivity index (χ3n) is 7.50. The van der Waals surface area contributed by atoms with E-state index in [4.69, 9.17) is 21.1 Å². The summed E-state index contributed by atoms with van der Waals surface area (Å²) in [7, 11) is 1.13. The Kier molecular flexibility index (Phi) is 11.7. The molecule has 0 spiro atoms. The third kappa shape index (κ3) is 10.5. The Morgan fingerprint density at radius 3 is 2.27 bits per heavy atom. The van der Waals surface area contributed by atoms with Crippen LogP contribution in [0.3, 0.4) is 0 Å². The highest BCUT2D eigenvalue weighted by Gasteiger charge is 2.45. The number of carbonyl (C=O) groups excluding carboxylic acids is 4. The number of ether oxygens (including phenoxy) is 2. The quantitative estimate of drug-likeness (QED) is 0.0917. The second-order valence-electron chi connectivity index (χ2n) is 11.3. The Hall–Kier alpha value is -6.04. The molecule has 4 aromatic rings. The summed E-state index contributed by atoms with van der Waals surface area (Å²) in [5, 5.41) is 13.8. The van der Waals surface area contributed by atoms with Gasteiger partial charge in [-0.3, -0.25) is 14.4 Å². The first-order valence-corrected chi connectivity index (χ1v) is 16.0. The van der Waals surface area contributed by atoms with Crippen molar-refractivity contribution >= 4 is 58.7 Å². The molecule has 272 valence electrons. The SMILES string of the molecule is COC(=O)[C@H](CCNC(=O)C(=O)Nc1ccccn1)NC(=O)c1ccc(Nc2nc(NC3(c4ccc(Cl)cc4)CC3)nc(OCC(F)(F)F)n2)cc1. The number of aromatic nitrogens is 4. The Morgan fingerprint density at radius 2 is 1.63 bits per heavy atom. The molecular formula is C33H31ClF3N9O6. The smallest absolute Gasteiger partial charge is 0.422 e. The molecule has 0 radical (unpaired) electrons.